The van der Waals surface area contributed by atoms with Crippen LogP contribution in [0.1, 0.15) is 18.4 Å². The SMILES string of the molecule is COC(=O)CCC(N)Cc1cc(OC)ccc1O. The molecule has 0 amide bonds. The van der Waals surface area contributed by atoms with Crippen LogP contribution < -0.4 is 10.5 Å². The Hall–Kier alpha value is -1.75. The van der Waals surface area contributed by atoms with E-state index in [-0.39, 0.29) is 24.2 Å². The molecule has 0 heterocycles. The number of benzene rings is 1. The molecule has 1 aromatic carbocycles. The highest BCUT2D eigenvalue weighted by Crippen LogP contribution is 2.24. The summed E-state index contributed by atoms with van der Waals surface area (Å²) in [5, 5.41) is 9.70. The van der Waals surface area contributed by atoms with E-state index in [0.717, 1.165) is 0 Å². The normalized spacial score (nSPS) is 11.9. The van der Waals surface area contributed by atoms with E-state index < -0.39 is 0 Å². The number of phenolic OH excluding ortho intramolecular Hbond substituents is 1. The summed E-state index contributed by atoms with van der Waals surface area (Å²) in [5.41, 5.74) is 6.62. The average molecular weight is 253 g/mol. The molecule has 1 atom stereocenters. The molecular formula is C13H19NO4. The molecule has 0 aliphatic rings. The van der Waals surface area contributed by atoms with Crippen molar-refractivity contribution in [3.8, 4) is 11.5 Å². The molecular weight excluding hydrogens is 234 g/mol. The maximum Gasteiger partial charge on any atom is 0.305 e. The van der Waals surface area contributed by atoms with E-state index in [9.17, 15) is 9.90 Å². The zero-order valence-corrected chi connectivity index (χ0v) is 10.7. The topological polar surface area (TPSA) is 81.8 Å². The van der Waals surface area contributed by atoms with E-state index in [1.807, 2.05) is 0 Å². The van der Waals surface area contributed by atoms with Gasteiger partial charge in [0, 0.05) is 12.5 Å². The predicted molar refractivity (Wildman–Crippen MR) is 67.6 cm³/mol. The lowest BCUT2D eigenvalue weighted by Gasteiger charge is -2.13. The first-order valence-electron chi connectivity index (χ1n) is 5.75. The smallest absolute Gasteiger partial charge is 0.305 e. The van der Waals surface area contributed by atoms with Gasteiger partial charge in [0.1, 0.15) is 11.5 Å². The first kappa shape index (κ1) is 14.3. The molecule has 5 nitrogen and oxygen atoms in total. The van der Waals surface area contributed by atoms with E-state index >= 15 is 0 Å². The van der Waals surface area contributed by atoms with Gasteiger partial charge in [-0.2, -0.15) is 0 Å². The van der Waals surface area contributed by atoms with Gasteiger partial charge in [-0.15, -0.1) is 0 Å². The number of phenols is 1. The third kappa shape index (κ3) is 4.25. The molecule has 0 saturated heterocycles. The summed E-state index contributed by atoms with van der Waals surface area (Å²) < 4.78 is 9.63. The lowest BCUT2D eigenvalue weighted by Crippen LogP contribution is -2.24. The number of methoxy groups -OCH3 is 2. The Balaban J connectivity index is 2.58. The van der Waals surface area contributed by atoms with Crippen LogP contribution in [0.3, 0.4) is 0 Å². The van der Waals surface area contributed by atoms with Crippen LogP contribution in [0.15, 0.2) is 18.2 Å². The molecule has 18 heavy (non-hydrogen) atoms. The zero-order valence-electron chi connectivity index (χ0n) is 10.7. The Morgan fingerprint density at radius 2 is 2.17 bits per heavy atom. The van der Waals surface area contributed by atoms with Gasteiger partial charge in [-0.25, -0.2) is 0 Å². The largest absolute Gasteiger partial charge is 0.508 e. The van der Waals surface area contributed by atoms with Crippen molar-refractivity contribution in [3.63, 3.8) is 0 Å². The van der Waals surface area contributed by atoms with E-state index in [4.69, 9.17) is 10.5 Å². The lowest BCUT2D eigenvalue weighted by molar-refractivity contribution is -0.140. The lowest BCUT2D eigenvalue weighted by atomic mass is 10.0. The second-order valence-electron chi connectivity index (χ2n) is 4.07. The Morgan fingerprint density at radius 3 is 2.78 bits per heavy atom. The van der Waals surface area contributed by atoms with Crippen molar-refractivity contribution in [2.75, 3.05) is 14.2 Å². The molecule has 1 aromatic rings. The molecule has 1 unspecified atom stereocenters. The van der Waals surface area contributed by atoms with Gasteiger partial charge in [0.15, 0.2) is 0 Å². The van der Waals surface area contributed by atoms with Gasteiger partial charge in [-0.05, 0) is 36.6 Å². The van der Waals surface area contributed by atoms with Crippen molar-refractivity contribution in [1.29, 1.82) is 0 Å². The zero-order chi connectivity index (χ0) is 13.5. The molecule has 3 N–H and O–H groups in total. The van der Waals surface area contributed by atoms with E-state index in [0.29, 0.717) is 24.2 Å². The fraction of sp³-hybridized carbons (Fsp3) is 0.462. The van der Waals surface area contributed by atoms with Crippen LogP contribution in [0.25, 0.3) is 0 Å². The fourth-order valence-corrected chi connectivity index (χ4v) is 1.64. The van der Waals surface area contributed by atoms with Crippen LogP contribution in [0.4, 0.5) is 0 Å². The van der Waals surface area contributed by atoms with Gasteiger partial charge in [0.2, 0.25) is 0 Å². The minimum atomic E-state index is -0.277. The Labute approximate surface area is 107 Å². The third-order valence-corrected chi connectivity index (χ3v) is 2.72. The standard InChI is InChI=1S/C13H19NO4/c1-17-11-4-5-12(15)9(8-11)7-10(14)3-6-13(16)18-2/h4-5,8,10,15H,3,6-7,14H2,1-2H3. The highest BCUT2D eigenvalue weighted by molar-refractivity contribution is 5.69. The van der Waals surface area contributed by atoms with Crippen molar-refractivity contribution in [3.05, 3.63) is 23.8 Å². The van der Waals surface area contributed by atoms with Crippen molar-refractivity contribution in [2.24, 2.45) is 5.73 Å². The average Bonchev–Trinajstić information content (AvgIpc) is 2.38. The van der Waals surface area contributed by atoms with Crippen molar-refractivity contribution in [2.45, 2.75) is 25.3 Å². The second kappa shape index (κ2) is 6.86. The van der Waals surface area contributed by atoms with Crippen molar-refractivity contribution in [1.82, 2.24) is 0 Å². The summed E-state index contributed by atoms with van der Waals surface area (Å²) in [4.78, 5) is 11.0. The molecule has 0 radical (unpaired) electrons. The predicted octanol–water partition coefficient (Wildman–Crippen LogP) is 1.22. The van der Waals surface area contributed by atoms with E-state index in [1.54, 1.807) is 25.3 Å². The molecule has 0 bridgehead atoms. The highest BCUT2D eigenvalue weighted by Gasteiger charge is 2.11. The number of ether oxygens (including phenoxy) is 2. The number of hydrogen-bond donors (Lipinski definition) is 2. The fourth-order valence-electron chi connectivity index (χ4n) is 1.64. The molecule has 5 heteroatoms. The van der Waals surface area contributed by atoms with Crippen LogP contribution in [-0.2, 0) is 16.0 Å². The Kier molecular flexibility index (Phi) is 5.45. The van der Waals surface area contributed by atoms with E-state index in [2.05, 4.69) is 4.74 Å². The van der Waals surface area contributed by atoms with Crippen molar-refractivity contribution < 1.29 is 19.4 Å². The van der Waals surface area contributed by atoms with Crippen LogP contribution in [0, 0.1) is 0 Å². The van der Waals surface area contributed by atoms with Gasteiger partial charge >= 0.3 is 5.97 Å². The summed E-state index contributed by atoms with van der Waals surface area (Å²) in [5.74, 6) is 0.576. The Morgan fingerprint density at radius 1 is 1.44 bits per heavy atom. The minimum Gasteiger partial charge on any atom is -0.508 e. The molecule has 1 rings (SSSR count). The van der Waals surface area contributed by atoms with Crippen LogP contribution in [0.5, 0.6) is 11.5 Å². The molecule has 100 valence electrons. The van der Waals surface area contributed by atoms with E-state index in [1.165, 1.54) is 7.11 Å². The number of esters is 1. The second-order valence-corrected chi connectivity index (χ2v) is 4.07. The van der Waals surface area contributed by atoms with Gasteiger partial charge in [-0.3, -0.25) is 4.79 Å². The first-order valence-corrected chi connectivity index (χ1v) is 5.75. The minimum absolute atomic E-state index is 0.185. The summed E-state index contributed by atoms with van der Waals surface area (Å²) >= 11 is 0. The van der Waals surface area contributed by atoms with Gasteiger partial charge in [0.25, 0.3) is 0 Å². The molecule has 0 aliphatic heterocycles. The molecule has 0 aliphatic carbocycles. The van der Waals surface area contributed by atoms with Crippen molar-refractivity contribution >= 4 is 5.97 Å². The quantitative estimate of drug-likeness (QED) is 0.745. The van der Waals surface area contributed by atoms with Crippen LogP contribution in [-0.4, -0.2) is 31.3 Å². The van der Waals surface area contributed by atoms with Crippen LogP contribution in [0.2, 0.25) is 0 Å². The number of nitrogens with two attached hydrogens (primary N) is 1. The maximum absolute atomic E-state index is 11.0. The molecule has 0 saturated carbocycles. The Bertz CT molecular complexity index is 406. The third-order valence-electron chi connectivity index (χ3n) is 2.72. The first-order chi connectivity index (χ1) is 8.56. The number of rotatable bonds is 6. The summed E-state index contributed by atoms with van der Waals surface area (Å²) in [6.07, 6.45) is 1.28. The highest BCUT2D eigenvalue weighted by atomic mass is 16.5. The maximum atomic E-state index is 11.0. The monoisotopic (exact) mass is 253 g/mol. The number of carbonyl (C=O) groups is 1. The molecule has 0 fully saturated rings. The number of hydrogen-bond acceptors (Lipinski definition) is 5. The summed E-state index contributed by atoms with van der Waals surface area (Å²) in [6.45, 7) is 0. The van der Waals surface area contributed by atoms with Gasteiger partial charge in [-0.1, -0.05) is 0 Å². The van der Waals surface area contributed by atoms with Gasteiger partial charge < -0.3 is 20.3 Å². The number of aromatic hydroxyl groups is 1. The number of carbonyl (C=O) groups excluding carboxylic acids is 1. The van der Waals surface area contributed by atoms with Gasteiger partial charge in [0.05, 0.1) is 14.2 Å². The summed E-state index contributed by atoms with van der Waals surface area (Å²) in [6, 6.07) is 4.79. The van der Waals surface area contributed by atoms with Crippen LogP contribution >= 0.6 is 0 Å². The molecule has 0 spiro atoms. The summed E-state index contributed by atoms with van der Waals surface area (Å²) in [7, 11) is 2.91. The molecule has 0 aromatic heterocycles.